The van der Waals surface area contributed by atoms with Gasteiger partial charge >= 0.3 is 6.18 Å². The number of aliphatic hydroxyl groups excluding tert-OH is 1. The Morgan fingerprint density at radius 1 is 1.40 bits per heavy atom. The van der Waals surface area contributed by atoms with Crippen LogP contribution in [0.25, 0.3) is 0 Å². The smallest absolute Gasteiger partial charge is 0.396 e. The summed E-state index contributed by atoms with van der Waals surface area (Å²) in [4.78, 5) is 9.99. The first-order chi connectivity index (χ1) is 4.48. The quantitative estimate of drug-likeness (QED) is 0.658. The largest absolute Gasteiger partial charge is 0.449 e. The molecule has 0 spiro atoms. The molecule has 5 heteroatoms. The maximum absolute atomic E-state index is 11.3. The van der Waals surface area contributed by atoms with E-state index < -0.39 is 18.4 Å². The van der Waals surface area contributed by atoms with E-state index >= 15 is 0 Å². The van der Waals surface area contributed by atoms with Crippen LogP contribution in [0, 0.1) is 0 Å². The lowest BCUT2D eigenvalue weighted by atomic mass is 10.2. The summed E-state index contributed by atoms with van der Waals surface area (Å²) in [5.41, 5.74) is 0. The summed E-state index contributed by atoms with van der Waals surface area (Å²) in [6.45, 7) is -0.387. The van der Waals surface area contributed by atoms with Gasteiger partial charge in [-0.3, -0.25) is 4.79 Å². The van der Waals surface area contributed by atoms with Crippen molar-refractivity contribution in [3.8, 4) is 0 Å². The molecule has 0 saturated carbocycles. The molecule has 0 aliphatic rings. The van der Waals surface area contributed by atoms with Crippen LogP contribution in [-0.2, 0) is 4.79 Å². The average molecular weight is 156 g/mol. The fourth-order valence-electron chi connectivity index (χ4n) is 0.381. The molecule has 0 atom stereocenters. The lowest BCUT2D eigenvalue weighted by molar-refractivity contribution is -0.171. The van der Waals surface area contributed by atoms with Crippen molar-refractivity contribution >= 4 is 5.78 Å². The minimum Gasteiger partial charge on any atom is -0.396 e. The number of hydrogen-bond acceptors (Lipinski definition) is 2. The summed E-state index contributed by atoms with van der Waals surface area (Å²) in [5.74, 6) is -1.78. The number of rotatable bonds is 3. The molecule has 0 aromatic rings. The first-order valence-electron chi connectivity index (χ1n) is 2.69. The third-order valence-electron chi connectivity index (χ3n) is 0.878. The highest BCUT2D eigenvalue weighted by Crippen LogP contribution is 2.18. The van der Waals surface area contributed by atoms with E-state index in [0.29, 0.717) is 0 Å². The fourth-order valence-corrected chi connectivity index (χ4v) is 0.381. The lowest BCUT2D eigenvalue weighted by Crippen LogP contribution is -2.22. The summed E-state index contributed by atoms with van der Waals surface area (Å²) in [7, 11) is 0. The standard InChI is InChI=1S/C5H7F3O2/c6-5(7,8)4(10)2-1-3-9/h9H,1-3H2. The zero-order valence-electron chi connectivity index (χ0n) is 5.11. The summed E-state index contributed by atoms with van der Waals surface area (Å²) in [6, 6.07) is 0. The van der Waals surface area contributed by atoms with Crippen LogP contribution in [0.2, 0.25) is 0 Å². The molecule has 0 heterocycles. The van der Waals surface area contributed by atoms with Crippen molar-refractivity contribution < 1.29 is 23.1 Å². The SMILES string of the molecule is O=C(CCCO)C(F)(F)F. The Kier molecular flexibility index (Phi) is 3.35. The molecule has 1 N–H and O–H groups in total. The highest BCUT2D eigenvalue weighted by atomic mass is 19.4. The van der Waals surface area contributed by atoms with Crippen molar-refractivity contribution in [1.82, 2.24) is 0 Å². The maximum Gasteiger partial charge on any atom is 0.449 e. The van der Waals surface area contributed by atoms with Crippen LogP contribution < -0.4 is 0 Å². The minimum atomic E-state index is -4.74. The second-order valence-corrected chi connectivity index (χ2v) is 1.75. The zero-order valence-corrected chi connectivity index (χ0v) is 5.11. The first-order valence-corrected chi connectivity index (χ1v) is 2.69. The van der Waals surface area contributed by atoms with Gasteiger partial charge in [0.15, 0.2) is 0 Å². The molecule has 0 aliphatic heterocycles. The monoisotopic (exact) mass is 156 g/mol. The number of aliphatic hydroxyl groups is 1. The van der Waals surface area contributed by atoms with Gasteiger partial charge in [-0.05, 0) is 6.42 Å². The van der Waals surface area contributed by atoms with Gasteiger partial charge in [0.2, 0.25) is 5.78 Å². The molecule has 0 amide bonds. The van der Waals surface area contributed by atoms with Gasteiger partial charge in [0.05, 0.1) is 0 Å². The van der Waals surface area contributed by atoms with E-state index in [1.54, 1.807) is 0 Å². The molecule has 0 rings (SSSR count). The van der Waals surface area contributed by atoms with E-state index in [9.17, 15) is 18.0 Å². The molecule has 2 nitrogen and oxygen atoms in total. The Morgan fingerprint density at radius 3 is 2.20 bits per heavy atom. The Labute approximate surface area is 55.7 Å². The van der Waals surface area contributed by atoms with Crippen molar-refractivity contribution in [2.75, 3.05) is 6.61 Å². The Bertz CT molecular complexity index is 119. The maximum atomic E-state index is 11.3. The molecule has 0 radical (unpaired) electrons. The summed E-state index contributed by atoms with van der Waals surface area (Å²) < 4.78 is 34.0. The zero-order chi connectivity index (χ0) is 8.20. The van der Waals surface area contributed by atoms with E-state index in [1.165, 1.54) is 0 Å². The van der Waals surface area contributed by atoms with Gasteiger partial charge in [0, 0.05) is 13.0 Å². The molecule has 60 valence electrons. The number of alkyl halides is 3. The number of carbonyl (C=O) groups is 1. The molecule has 0 aromatic heterocycles. The molecule has 10 heavy (non-hydrogen) atoms. The first kappa shape index (κ1) is 9.42. The average Bonchev–Trinajstić information content (AvgIpc) is 1.80. The van der Waals surface area contributed by atoms with E-state index in [-0.39, 0.29) is 13.0 Å². The van der Waals surface area contributed by atoms with Crippen LogP contribution in [0.1, 0.15) is 12.8 Å². The van der Waals surface area contributed by atoms with E-state index in [1.807, 2.05) is 0 Å². The van der Waals surface area contributed by atoms with Gasteiger partial charge in [0.1, 0.15) is 0 Å². The minimum absolute atomic E-state index is 0.127. The van der Waals surface area contributed by atoms with Crippen molar-refractivity contribution in [1.29, 1.82) is 0 Å². The summed E-state index contributed by atoms with van der Waals surface area (Å²) in [6.07, 6.45) is -5.49. The van der Waals surface area contributed by atoms with E-state index in [2.05, 4.69) is 0 Å². The van der Waals surface area contributed by atoms with Crippen LogP contribution in [0.15, 0.2) is 0 Å². The third kappa shape index (κ3) is 3.45. The van der Waals surface area contributed by atoms with Crippen LogP contribution in [0.5, 0.6) is 0 Å². The molecular weight excluding hydrogens is 149 g/mol. The second kappa shape index (κ2) is 3.55. The molecule has 0 aliphatic carbocycles. The van der Waals surface area contributed by atoms with Gasteiger partial charge in [-0.1, -0.05) is 0 Å². The van der Waals surface area contributed by atoms with Crippen LogP contribution in [-0.4, -0.2) is 23.7 Å². The number of hydrogen-bond donors (Lipinski definition) is 1. The van der Waals surface area contributed by atoms with Crippen molar-refractivity contribution in [3.05, 3.63) is 0 Å². The Balaban J connectivity index is 3.64. The molecule has 0 saturated heterocycles. The van der Waals surface area contributed by atoms with Crippen LogP contribution >= 0.6 is 0 Å². The predicted molar refractivity (Wildman–Crippen MR) is 27.4 cm³/mol. The van der Waals surface area contributed by atoms with E-state index in [0.717, 1.165) is 0 Å². The molecule has 0 fully saturated rings. The Hall–Kier alpha value is -0.580. The normalized spacial score (nSPS) is 11.6. The highest BCUT2D eigenvalue weighted by Gasteiger charge is 2.36. The fraction of sp³-hybridized carbons (Fsp3) is 0.800. The van der Waals surface area contributed by atoms with Crippen LogP contribution in [0.4, 0.5) is 13.2 Å². The van der Waals surface area contributed by atoms with Crippen molar-refractivity contribution in [2.24, 2.45) is 0 Å². The predicted octanol–water partition coefficient (Wildman–Crippen LogP) is 0.890. The van der Waals surface area contributed by atoms with E-state index in [4.69, 9.17) is 5.11 Å². The van der Waals surface area contributed by atoms with Crippen molar-refractivity contribution in [3.63, 3.8) is 0 Å². The van der Waals surface area contributed by atoms with Gasteiger partial charge < -0.3 is 5.11 Å². The number of carbonyl (C=O) groups excluding carboxylic acids is 1. The highest BCUT2D eigenvalue weighted by molar-refractivity contribution is 5.83. The Morgan fingerprint density at radius 2 is 1.90 bits per heavy atom. The van der Waals surface area contributed by atoms with Gasteiger partial charge in [-0.25, -0.2) is 0 Å². The molecule has 0 bridgehead atoms. The lowest BCUT2D eigenvalue weighted by Gasteiger charge is -2.02. The second-order valence-electron chi connectivity index (χ2n) is 1.75. The summed E-state index contributed by atoms with van der Waals surface area (Å²) >= 11 is 0. The molecule has 0 aromatic carbocycles. The molecular formula is C5H7F3O2. The number of Topliss-reactive ketones (excluding diaryl/α,β-unsaturated/α-hetero) is 1. The summed E-state index contributed by atoms with van der Waals surface area (Å²) in [5, 5.41) is 8.06. The topological polar surface area (TPSA) is 37.3 Å². The van der Waals surface area contributed by atoms with Crippen LogP contribution in [0.3, 0.4) is 0 Å². The van der Waals surface area contributed by atoms with Gasteiger partial charge in [-0.2, -0.15) is 13.2 Å². The number of ketones is 1. The molecule has 0 unspecified atom stereocenters. The van der Waals surface area contributed by atoms with Gasteiger partial charge in [0.25, 0.3) is 0 Å². The van der Waals surface area contributed by atoms with Gasteiger partial charge in [-0.15, -0.1) is 0 Å². The number of halogens is 3. The third-order valence-corrected chi connectivity index (χ3v) is 0.878. The van der Waals surface area contributed by atoms with Crippen molar-refractivity contribution in [2.45, 2.75) is 19.0 Å².